The Balaban J connectivity index is 1.63. The summed E-state index contributed by atoms with van der Waals surface area (Å²) in [5.41, 5.74) is 3.07. The number of hydrogen-bond acceptors (Lipinski definition) is 1. The maximum atomic E-state index is 4.15. The van der Waals surface area contributed by atoms with Crippen molar-refractivity contribution in [3.63, 3.8) is 0 Å². The van der Waals surface area contributed by atoms with Gasteiger partial charge in [0.2, 0.25) is 0 Å². The summed E-state index contributed by atoms with van der Waals surface area (Å²) in [6.07, 6.45) is 13.6. The maximum Gasteiger partial charge on any atom is 0.0462 e. The van der Waals surface area contributed by atoms with E-state index in [9.17, 15) is 0 Å². The van der Waals surface area contributed by atoms with Gasteiger partial charge in [-0.15, -0.1) is 0 Å². The molecule has 0 amide bonds. The van der Waals surface area contributed by atoms with Crippen molar-refractivity contribution in [3.8, 4) is 0 Å². The third kappa shape index (κ3) is 4.94. The molecule has 2 aliphatic carbocycles. The van der Waals surface area contributed by atoms with Gasteiger partial charge in [-0.05, 0) is 55.7 Å². The number of benzene rings is 3. The maximum absolute atomic E-state index is 4.15. The van der Waals surface area contributed by atoms with Gasteiger partial charge in [0.1, 0.15) is 0 Å². The first-order valence-electron chi connectivity index (χ1n) is 12.7. The lowest BCUT2D eigenvalue weighted by Crippen LogP contribution is -2.30. The van der Waals surface area contributed by atoms with Crippen molar-refractivity contribution in [2.75, 3.05) is 5.32 Å². The summed E-state index contributed by atoms with van der Waals surface area (Å²) in [4.78, 5) is 0. The minimum Gasteiger partial charge on any atom is -0.382 e. The molecule has 2 saturated carbocycles. The van der Waals surface area contributed by atoms with Crippen molar-refractivity contribution in [3.05, 3.63) is 84.4 Å². The number of para-hydroxylation sites is 1. The molecule has 5 rings (SSSR count). The Hall–Kier alpha value is -2.11. The molecule has 0 heterocycles. The van der Waals surface area contributed by atoms with Crippen LogP contribution in [0.3, 0.4) is 0 Å². The molecule has 1 N–H and O–H groups in total. The predicted molar refractivity (Wildman–Crippen MR) is 141 cm³/mol. The number of anilines is 1. The molecule has 0 atom stereocenters. The zero-order chi connectivity index (χ0) is 21.6. The molecule has 0 saturated heterocycles. The van der Waals surface area contributed by atoms with E-state index >= 15 is 0 Å². The van der Waals surface area contributed by atoms with Crippen LogP contribution in [0.1, 0.15) is 75.7 Å². The highest BCUT2D eigenvalue weighted by atomic mass is 31.1. The molecule has 0 radical (unpaired) electrons. The normalized spacial score (nSPS) is 18.0. The second-order valence-electron chi connectivity index (χ2n) is 9.56. The summed E-state index contributed by atoms with van der Waals surface area (Å²) in [6, 6.07) is 30.2. The average Bonchev–Trinajstić information content (AvgIpc) is 2.87. The second kappa shape index (κ2) is 10.7. The van der Waals surface area contributed by atoms with E-state index in [1.54, 1.807) is 5.56 Å². The summed E-state index contributed by atoms with van der Waals surface area (Å²) >= 11 is 0. The van der Waals surface area contributed by atoms with E-state index in [4.69, 9.17) is 0 Å². The Labute approximate surface area is 195 Å². The van der Waals surface area contributed by atoms with Crippen LogP contribution in [0.25, 0.3) is 0 Å². The lowest BCUT2D eigenvalue weighted by atomic mass is 9.83. The Kier molecular flexibility index (Phi) is 7.24. The number of rotatable bonds is 6. The smallest absolute Gasteiger partial charge is 0.0462 e. The van der Waals surface area contributed by atoms with Crippen LogP contribution >= 0.6 is 7.92 Å². The van der Waals surface area contributed by atoms with Gasteiger partial charge in [0.25, 0.3) is 0 Å². The molecule has 0 aliphatic heterocycles. The van der Waals surface area contributed by atoms with E-state index < -0.39 is 7.92 Å². The molecule has 32 heavy (non-hydrogen) atoms. The molecule has 166 valence electrons. The van der Waals surface area contributed by atoms with Crippen molar-refractivity contribution >= 4 is 29.5 Å². The van der Waals surface area contributed by atoms with Crippen molar-refractivity contribution < 1.29 is 0 Å². The van der Waals surface area contributed by atoms with Gasteiger partial charge in [-0.2, -0.15) is 0 Å². The van der Waals surface area contributed by atoms with Gasteiger partial charge in [-0.3, -0.25) is 0 Å². The molecule has 2 heteroatoms. The summed E-state index contributed by atoms with van der Waals surface area (Å²) in [6.45, 7) is 0. The van der Waals surface area contributed by atoms with E-state index in [1.165, 1.54) is 85.8 Å². The minimum absolute atomic E-state index is 0.593. The van der Waals surface area contributed by atoms with Crippen molar-refractivity contribution in [2.45, 2.75) is 76.2 Å². The van der Waals surface area contributed by atoms with Crippen LogP contribution in [0.5, 0.6) is 0 Å². The van der Waals surface area contributed by atoms with Gasteiger partial charge < -0.3 is 5.32 Å². The molecule has 3 aromatic carbocycles. The van der Waals surface area contributed by atoms with Crippen LogP contribution in [0.2, 0.25) is 0 Å². The Morgan fingerprint density at radius 1 is 0.562 bits per heavy atom. The van der Waals surface area contributed by atoms with Crippen LogP contribution in [-0.2, 0) is 0 Å². The molecule has 2 aliphatic rings. The first kappa shape index (κ1) is 21.7. The summed E-state index contributed by atoms with van der Waals surface area (Å²) in [5.74, 6) is 0.707. The van der Waals surface area contributed by atoms with E-state index in [2.05, 4.69) is 84.2 Å². The fraction of sp³-hybridized carbons (Fsp3) is 0.400. The Morgan fingerprint density at radius 2 is 1.12 bits per heavy atom. The zero-order valence-corrected chi connectivity index (χ0v) is 20.1. The van der Waals surface area contributed by atoms with Crippen LogP contribution in [0, 0.1) is 0 Å². The van der Waals surface area contributed by atoms with Crippen molar-refractivity contribution in [1.82, 2.24) is 0 Å². The van der Waals surface area contributed by atoms with Crippen LogP contribution in [-0.4, -0.2) is 6.04 Å². The zero-order valence-electron chi connectivity index (χ0n) is 19.2. The molecular weight excluding hydrogens is 405 g/mol. The largest absolute Gasteiger partial charge is 0.382 e. The molecule has 3 aromatic rings. The van der Waals surface area contributed by atoms with Gasteiger partial charge in [-0.25, -0.2) is 0 Å². The fourth-order valence-corrected chi connectivity index (χ4v) is 8.13. The third-order valence-electron chi connectivity index (χ3n) is 7.34. The van der Waals surface area contributed by atoms with Gasteiger partial charge in [-0.1, -0.05) is 117 Å². The van der Waals surface area contributed by atoms with Crippen molar-refractivity contribution in [1.29, 1.82) is 0 Å². The van der Waals surface area contributed by atoms with Gasteiger partial charge in [0.15, 0.2) is 0 Å². The molecular formula is C30H36NP. The van der Waals surface area contributed by atoms with E-state index in [0.29, 0.717) is 12.0 Å². The molecule has 2 fully saturated rings. The van der Waals surface area contributed by atoms with E-state index in [-0.39, 0.29) is 0 Å². The highest BCUT2D eigenvalue weighted by Gasteiger charge is 2.27. The number of nitrogens with one attached hydrogen (secondary N) is 1. The minimum atomic E-state index is -0.593. The highest BCUT2D eigenvalue weighted by molar-refractivity contribution is 7.80. The highest BCUT2D eigenvalue weighted by Crippen LogP contribution is 2.42. The average molecular weight is 442 g/mol. The topological polar surface area (TPSA) is 12.0 Å². The molecule has 0 bridgehead atoms. The lowest BCUT2D eigenvalue weighted by Gasteiger charge is -2.32. The summed E-state index contributed by atoms with van der Waals surface area (Å²) in [5, 5.41) is 8.56. The second-order valence-corrected chi connectivity index (χ2v) is 11.7. The third-order valence-corrected chi connectivity index (χ3v) is 9.83. The van der Waals surface area contributed by atoms with Gasteiger partial charge in [0.05, 0.1) is 0 Å². The molecule has 0 aromatic heterocycles. The monoisotopic (exact) mass is 441 g/mol. The Morgan fingerprint density at radius 3 is 1.72 bits per heavy atom. The van der Waals surface area contributed by atoms with Crippen LogP contribution in [0.4, 0.5) is 5.69 Å². The fourth-order valence-electron chi connectivity index (χ4n) is 5.69. The quantitative estimate of drug-likeness (QED) is 0.398. The number of hydrogen-bond donors (Lipinski definition) is 1. The SMILES string of the molecule is c1ccc(P(c2ccccc2)c2cccc(C3CCCCC3)c2NC2CCCCC2)cc1. The standard InChI is InChI=1S/C30H36NP/c1-5-14-24(15-6-1)28-22-13-23-29(30(28)31-25-16-7-2-8-17-25)32(26-18-9-3-10-19-26)27-20-11-4-12-21-27/h3-4,9-13,18-25,31H,1-2,5-8,14-17H2. The first-order chi connectivity index (χ1) is 15.9. The van der Waals surface area contributed by atoms with Crippen molar-refractivity contribution in [2.24, 2.45) is 0 Å². The van der Waals surface area contributed by atoms with Crippen LogP contribution < -0.4 is 21.2 Å². The molecule has 0 spiro atoms. The summed E-state index contributed by atoms with van der Waals surface area (Å²) < 4.78 is 0. The van der Waals surface area contributed by atoms with E-state index in [1.807, 2.05) is 0 Å². The summed E-state index contributed by atoms with van der Waals surface area (Å²) in [7, 11) is -0.593. The van der Waals surface area contributed by atoms with E-state index in [0.717, 1.165) is 0 Å². The molecule has 1 nitrogen and oxygen atoms in total. The molecule has 0 unspecified atom stereocenters. The lowest BCUT2D eigenvalue weighted by molar-refractivity contribution is 0.441. The van der Waals surface area contributed by atoms with Gasteiger partial charge in [0, 0.05) is 17.0 Å². The Bertz CT molecular complexity index is 933. The van der Waals surface area contributed by atoms with Gasteiger partial charge >= 0.3 is 0 Å². The predicted octanol–water partition coefficient (Wildman–Crippen LogP) is 7.24. The van der Waals surface area contributed by atoms with Crippen LogP contribution in [0.15, 0.2) is 78.9 Å². The first-order valence-corrected chi connectivity index (χ1v) is 14.0.